The summed E-state index contributed by atoms with van der Waals surface area (Å²) in [5.74, 6) is -0.997. The molecule has 2 rings (SSSR count). The minimum Gasteiger partial charge on any atom is -0.494 e. The van der Waals surface area contributed by atoms with Crippen LogP contribution in [0.15, 0.2) is 42.5 Å². The summed E-state index contributed by atoms with van der Waals surface area (Å²) >= 11 is 0. The molecule has 2 nitrogen and oxygen atoms in total. The van der Waals surface area contributed by atoms with E-state index in [1.807, 2.05) is 0 Å². The van der Waals surface area contributed by atoms with Gasteiger partial charge in [0.05, 0.1) is 12.7 Å². The normalized spacial score (nSPS) is 13.8. The predicted octanol–water partition coefficient (Wildman–Crippen LogP) is 3.42. The Bertz CT molecular complexity index is 609. The minimum absolute atomic E-state index is 0.0240. The summed E-state index contributed by atoms with van der Waals surface area (Å²) in [6.07, 6.45) is -0.0240. The van der Waals surface area contributed by atoms with E-state index < -0.39 is 17.2 Å². The maximum atomic E-state index is 14.2. The van der Waals surface area contributed by atoms with Crippen molar-refractivity contribution < 1.29 is 18.6 Å². The molecule has 0 spiro atoms. The molecule has 1 unspecified atom stereocenters. The van der Waals surface area contributed by atoms with Gasteiger partial charge in [0.1, 0.15) is 5.82 Å². The van der Waals surface area contributed by atoms with E-state index in [1.54, 1.807) is 24.3 Å². The van der Waals surface area contributed by atoms with Gasteiger partial charge in [-0.2, -0.15) is 0 Å². The van der Waals surface area contributed by atoms with Crippen LogP contribution in [0.25, 0.3) is 0 Å². The lowest BCUT2D eigenvalue weighted by atomic mass is 9.88. The van der Waals surface area contributed by atoms with Crippen molar-refractivity contribution >= 4 is 0 Å². The van der Waals surface area contributed by atoms with Gasteiger partial charge in [-0.05, 0) is 24.6 Å². The number of benzene rings is 2. The van der Waals surface area contributed by atoms with E-state index in [9.17, 15) is 13.9 Å². The smallest absolute Gasteiger partial charge is 0.171 e. The Kier molecular flexibility index (Phi) is 4.04. The third-order valence-corrected chi connectivity index (χ3v) is 3.26. The van der Waals surface area contributed by atoms with E-state index in [2.05, 4.69) is 0 Å². The topological polar surface area (TPSA) is 29.5 Å². The number of ether oxygens (including phenoxy) is 1. The van der Waals surface area contributed by atoms with Crippen molar-refractivity contribution in [1.29, 1.82) is 0 Å². The first-order valence-corrected chi connectivity index (χ1v) is 6.24. The summed E-state index contributed by atoms with van der Waals surface area (Å²) in [7, 11) is 1.35. The zero-order chi connectivity index (χ0) is 14.8. The van der Waals surface area contributed by atoms with Crippen molar-refractivity contribution in [3.05, 3.63) is 65.2 Å². The molecule has 106 valence electrons. The molecule has 4 heteroatoms. The molecular weight excluding hydrogens is 262 g/mol. The third-order valence-electron chi connectivity index (χ3n) is 3.26. The zero-order valence-electron chi connectivity index (χ0n) is 11.4. The lowest BCUT2D eigenvalue weighted by Crippen LogP contribution is -2.26. The van der Waals surface area contributed by atoms with Crippen LogP contribution in [0.4, 0.5) is 8.78 Å². The second-order valence-corrected chi connectivity index (χ2v) is 4.86. The summed E-state index contributed by atoms with van der Waals surface area (Å²) in [5, 5.41) is 10.5. The van der Waals surface area contributed by atoms with E-state index in [-0.39, 0.29) is 17.7 Å². The van der Waals surface area contributed by atoms with E-state index >= 15 is 0 Å². The first kappa shape index (κ1) is 14.5. The van der Waals surface area contributed by atoms with Crippen LogP contribution in [0.1, 0.15) is 18.1 Å². The van der Waals surface area contributed by atoms with Gasteiger partial charge in [0, 0.05) is 12.0 Å². The largest absolute Gasteiger partial charge is 0.494 e. The molecule has 0 saturated heterocycles. The van der Waals surface area contributed by atoms with Crippen LogP contribution in [0, 0.1) is 11.6 Å². The lowest BCUT2D eigenvalue weighted by Gasteiger charge is -2.25. The van der Waals surface area contributed by atoms with Gasteiger partial charge in [-0.1, -0.05) is 30.3 Å². The fraction of sp³-hybridized carbons (Fsp3) is 0.250. The van der Waals surface area contributed by atoms with Crippen LogP contribution in [0.2, 0.25) is 0 Å². The standard InChI is InChI=1S/C16H16F2O2/c1-16(19,10-11-6-3-4-8-13(11)17)12-7-5-9-14(20-2)15(12)18/h3-9,19H,10H2,1-2H3. The first-order chi connectivity index (χ1) is 9.45. The van der Waals surface area contributed by atoms with Gasteiger partial charge in [0.25, 0.3) is 0 Å². The summed E-state index contributed by atoms with van der Waals surface area (Å²) in [6.45, 7) is 1.46. The Labute approximate surface area is 116 Å². The van der Waals surface area contributed by atoms with Crippen molar-refractivity contribution in [1.82, 2.24) is 0 Å². The molecule has 0 bridgehead atoms. The molecule has 0 aliphatic rings. The van der Waals surface area contributed by atoms with Gasteiger partial charge >= 0.3 is 0 Å². The highest BCUT2D eigenvalue weighted by atomic mass is 19.1. The molecule has 1 N–H and O–H groups in total. The van der Waals surface area contributed by atoms with Gasteiger partial charge < -0.3 is 9.84 Å². The molecule has 20 heavy (non-hydrogen) atoms. The SMILES string of the molecule is COc1cccc(C(C)(O)Cc2ccccc2F)c1F. The van der Waals surface area contributed by atoms with Gasteiger partial charge in [0.15, 0.2) is 11.6 Å². The van der Waals surface area contributed by atoms with Crippen molar-refractivity contribution in [2.24, 2.45) is 0 Å². The van der Waals surface area contributed by atoms with Crippen molar-refractivity contribution in [3.8, 4) is 5.75 Å². The quantitative estimate of drug-likeness (QED) is 0.928. The van der Waals surface area contributed by atoms with Crippen LogP contribution in [-0.4, -0.2) is 12.2 Å². The summed E-state index contributed by atoms with van der Waals surface area (Å²) in [4.78, 5) is 0. The maximum absolute atomic E-state index is 14.2. The predicted molar refractivity (Wildman–Crippen MR) is 72.6 cm³/mol. The molecular formula is C16H16F2O2. The van der Waals surface area contributed by atoms with Gasteiger partial charge in [0.2, 0.25) is 0 Å². The number of methoxy groups -OCH3 is 1. The van der Waals surface area contributed by atoms with Crippen molar-refractivity contribution in [3.63, 3.8) is 0 Å². The van der Waals surface area contributed by atoms with Gasteiger partial charge in [-0.15, -0.1) is 0 Å². The fourth-order valence-electron chi connectivity index (χ4n) is 2.19. The Hall–Kier alpha value is -1.94. The second-order valence-electron chi connectivity index (χ2n) is 4.86. The Balaban J connectivity index is 2.38. The number of hydrogen-bond acceptors (Lipinski definition) is 2. The monoisotopic (exact) mass is 278 g/mol. The number of hydrogen-bond donors (Lipinski definition) is 1. The molecule has 1 atom stereocenters. The lowest BCUT2D eigenvalue weighted by molar-refractivity contribution is 0.0523. The molecule has 0 heterocycles. The fourth-order valence-corrected chi connectivity index (χ4v) is 2.19. The average Bonchev–Trinajstić information content (AvgIpc) is 2.41. The number of rotatable bonds is 4. The van der Waals surface area contributed by atoms with E-state index in [0.29, 0.717) is 5.56 Å². The summed E-state index contributed by atoms with van der Waals surface area (Å²) in [5.41, 5.74) is -1.11. The van der Waals surface area contributed by atoms with Gasteiger partial charge in [-0.25, -0.2) is 8.78 Å². The van der Waals surface area contributed by atoms with Crippen LogP contribution in [0.3, 0.4) is 0 Å². The molecule has 2 aromatic rings. The molecule has 0 amide bonds. The van der Waals surface area contributed by atoms with E-state index in [1.165, 1.54) is 32.2 Å². The molecule has 2 aromatic carbocycles. The number of aliphatic hydroxyl groups is 1. The van der Waals surface area contributed by atoms with Crippen LogP contribution >= 0.6 is 0 Å². The van der Waals surface area contributed by atoms with E-state index in [4.69, 9.17) is 4.74 Å². The maximum Gasteiger partial charge on any atom is 0.171 e. The Morgan fingerprint density at radius 1 is 1.10 bits per heavy atom. The molecule has 0 aliphatic heterocycles. The molecule has 0 aliphatic carbocycles. The first-order valence-electron chi connectivity index (χ1n) is 6.24. The van der Waals surface area contributed by atoms with Crippen molar-refractivity contribution in [2.75, 3.05) is 7.11 Å². The van der Waals surface area contributed by atoms with Crippen LogP contribution < -0.4 is 4.74 Å². The molecule has 0 fully saturated rings. The number of halogens is 2. The highest BCUT2D eigenvalue weighted by molar-refractivity contribution is 5.35. The molecule has 0 aromatic heterocycles. The Morgan fingerprint density at radius 2 is 1.80 bits per heavy atom. The molecule has 0 radical (unpaired) electrons. The highest BCUT2D eigenvalue weighted by Gasteiger charge is 2.29. The van der Waals surface area contributed by atoms with Crippen molar-refractivity contribution in [2.45, 2.75) is 18.9 Å². The van der Waals surface area contributed by atoms with Crippen LogP contribution in [-0.2, 0) is 12.0 Å². The Morgan fingerprint density at radius 3 is 2.45 bits per heavy atom. The zero-order valence-corrected chi connectivity index (χ0v) is 11.4. The minimum atomic E-state index is -1.53. The second kappa shape index (κ2) is 5.59. The summed E-state index contributed by atoms with van der Waals surface area (Å²) < 4.78 is 32.7. The average molecular weight is 278 g/mol. The van der Waals surface area contributed by atoms with Crippen LogP contribution in [0.5, 0.6) is 5.75 Å². The highest BCUT2D eigenvalue weighted by Crippen LogP contribution is 2.32. The summed E-state index contributed by atoms with van der Waals surface area (Å²) in [6, 6.07) is 10.7. The molecule has 0 saturated carbocycles. The van der Waals surface area contributed by atoms with Gasteiger partial charge in [-0.3, -0.25) is 0 Å². The van der Waals surface area contributed by atoms with E-state index in [0.717, 1.165) is 0 Å². The third kappa shape index (κ3) is 2.80.